The topological polar surface area (TPSA) is 79.2 Å². The predicted octanol–water partition coefficient (Wildman–Crippen LogP) is 3.92. The Morgan fingerprint density at radius 1 is 1.19 bits per heavy atom. The zero-order valence-corrected chi connectivity index (χ0v) is 15.2. The maximum absolute atomic E-state index is 13.5. The van der Waals surface area contributed by atoms with Crippen LogP contribution in [0, 0.1) is 31.0 Å². The first-order valence-electron chi connectivity index (χ1n) is 8.26. The minimum absolute atomic E-state index is 0.222. The molecule has 27 heavy (non-hydrogen) atoms. The molecule has 2 aromatic carbocycles. The lowest BCUT2D eigenvalue weighted by Gasteiger charge is -2.13. The quantitative estimate of drug-likeness (QED) is 0.494. The zero-order chi connectivity index (χ0) is 20.0. The Hall–Kier alpha value is -3.46. The first kappa shape index (κ1) is 19.9. The highest BCUT2D eigenvalue weighted by Gasteiger charge is 2.21. The van der Waals surface area contributed by atoms with Crippen molar-refractivity contribution in [1.82, 2.24) is 0 Å². The molecule has 0 heterocycles. The second kappa shape index (κ2) is 8.77. The molecule has 0 aliphatic carbocycles. The molecule has 0 saturated carbocycles. The molecule has 138 valence electrons. The average molecular weight is 366 g/mol. The van der Waals surface area contributed by atoms with Crippen molar-refractivity contribution in [2.24, 2.45) is 0 Å². The molecule has 0 aliphatic heterocycles. The molecule has 5 nitrogen and oxygen atoms in total. The molecule has 0 radical (unpaired) electrons. The van der Waals surface area contributed by atoms with E-state index in [1.165, 1.54) is 25.1 Å². The van der Waals surface area contributed by atoms with Crippen LogP contribution in [0.4, 0.5) is 10.1 Å². The van der Waals surface area contributed by atoms with E-state index in [0.29, 0.717) is 11.1 Å². The van der Waals surface area contributed by atoms with Gasteiger partial charge in [-0.2, -0.15) is 5.26 Å². The largest absolute Gasteiger partial charge is 0.448 e. The third-order valence-corrected chi connectivity index (χ3v) is 3.82. The average Bonchev–Trinajstić information content (AvgIpc) is 2.64. The molecule has 0 spiro atoms. The summed E-state index contributed by atoms with van der Waals surface area (Å²) in [6, 6.07) is 13.3. The van der Waals surface area contributed by atoms with E-state index in [2.05, 4.69) is 5.32 Å². The van der Waals surface area contributed by atoms with Gasteiger partial charge in [0.2, 0.25) is 0 Å². The molecule has 0 saturated heterocycles. The summed E-state index contributed by atoms with van der Waals surface area (Å²) >= 11 is 0. The Labute approximate surface area is 157 Å². The van der Waals surface area contributed by atoms with Crippen molar-refractivity contribution in [3.8, 4) is 6.07 Å². The summed E-state index contributed by atoms with van der Waals surface area (Å²) in [7, 11) is 0. The van der Waals surface area contributed by atoms with Gasteiger partial charge in [-0.05, 0) is 50.1 Å². The minimum atomic E-state index is -1.16. The number of benzene rings is 2. The van der Waals surface area contributed by atoms with Gasteiger partial charge in [0, 0.05) is 5.69 Å². The van der Waals surface area contributed by atoms with Crippen molar-refractivity contribution >= 4 is 23.6 Å². The molecule has 0 aliphatic rings. The number of hydrogen-bond donors (Lipinski definition) is 1. The van der Waals surface area contributed by atoms with Crippen LogP contribution >= 0.6 is 0 Å². The van der Waals surface area contributed by atoms with E-state index in [4.69, 9.17) is 4.74 Å². The molecule has 1 atom stereocenters. The fourth-order valence-corrected chi connectivity index (χ4v) is 2.16. The number of hydrogen-bond acceptors (Lipinski definition) is 4. The van der Waals surface area contributed by atoms with Gasteiger partial charge in [0.15, 0.2) is 6.10 Å². The summed E-state index contributed by atoms with van der Waals surface area (Å²) < 4.78 is 18.6. The number of anilines is 1. The summed E-state index contributed by atoms with van der Waals surface area (Å²) in [6.45, 7) is 4.90. The van der Waals surface area contributed by atoms with Gasteiger partial charge in [0.05, 0.1) is 0 Å². The number of halogens is 1. The molecule has 0 unspecified atom stereocenters. The summed E-state index contributed by atoms with van der Waals surface area (Å²) in [5.74, 6) is -1.99. The van der Waals surface area contributed by atoms with E-state index in [1.54, 1.807) is 31.2 Å². The maximum Gasteiger partial charge on any atom is 0.349 e. The lowest BCUT2D eigenvalue weighted by atomic mass is 10.1. The Morgan fingerprint density at radius 3 is 2.44 bits per heavy atom. The van der Waals surface area contributed by atoms with Gasteiger partial charge in [-0.1, -0.05) is 35.9 Å². The van der Waals surface area contributed by atoms with Crippen LogP contribution in [0.5, 0.6) is 0 Å². The Morgan fingerprint density at radius 2 is 1.85 bits per heavy atom. The number of carbonyl (C=O) groups excluding carboxylic acids is 2. The second-order valence-corrected chi connectivity index (χ2v) is 6.08. The fourth-order valence-electron chi connectivity index (χ4n) is 2.16. The van der Waals surface area contributed by atoms with E-state index in [9.17, 15) is 19.2 Å². The van der Waals surface area contributed by atoms with E-state index in [0.717, 1.165) is 5.56 Å². The zero-order valence-electron chi connectivity index (χ0n) is 15.2. The number of esters is 1. The van der Waals surface area contributed by atoms with Gasteiger partial charge < -0.3 is 10.1 Å². The van der Waals surface area contributed by atoms with Crippen molar-refractivity contribution in [3.63, 3.8) is 0 Å². The SMILES string of the molecule is Cc1ccc(/C=C(\C#N)C(=O)O[C@H](C)C(=O)Nc2ccc(C)c(F)c2)cc1. The van der Waals surface area contributed by atoms with E-state index < -0.39 is 23.8 Å². The molecular weight excluding hydrogens is 347 g/mol. The van der Waals surface area contributed by atoms with Crippen LogP contribution in [0.3, 0.4) is 0 Å². The lowest BCUT2D eigenvalue weighted by molar-refractivity contribution is -0.148. The van der Waals surface area contributed by atoms with Crippen molar-refractivity contribution in [1.29, 1.82) is 5.26 Å². The number of amides is 1. The fraction of sp³-hybridized carbons (Fsp3) is 0.190. The number of nitrogens with zero attached hydrogens (tertiary/aromatic N) is 1. The molecule has 0 fully saturated rings. The van der Waals surface area contributed by atoms with Crippen LogP contribution in [0.15, 0.2) is 48.0 Å². The number of nitriles is 1. The van der Waals surface area contributed by atoms with Gasteiger partial charge in [-0.25, -0.2) is 9.18 Å². The highest BCUT2D eigenvalue weighted by Crippen LogP contribution is 2.15. The Bertz CT molecular complexity index is 927. The third-order valence-electron chi connectivity index (χ3n) is 3.82. The predicted molar refractivity (Wildman–Crippen MR) is 100 cm³/mol. The van der Waals surface area contributed by atoms with Crippen molar-refractivity contribution in [2.75, 3.05) is 5.32 Å². The van der Waals surface area contributed by atoms with Crippen LogP contribution in [0.1, 0.15) is 23.6 Å². The smallest absolute Gasteiger partial charge is 0.349 e. The van der Waals surface area contributed by atoms with Crippen LogP contribution in [0.25, 0.3) is 6.08 Å². The normalized spacial score (nSPS) is 12.0. The molecule has 0 aromatic heterocycles. The number of aryl methyl sites for hydroxylation is 2. The molecule has 1 N–H and O–H groups in total. The van der Waals surface area contributed by atoms with Crippen molar-refractivity contribution in [3.05, 3.63) is 70.5 Å². The second-order valence-electron chi connectivity index (χ2n) is 6.08. The van der Waals surface area contributed by atoms with Crippen molar-refractivity contribution < 1.29 is 18.7 Å². The molecule has 6 heteroatoms. The number of carbonyl (C=O) groups is 2. The summed E-state index contributed by atoms with van der Waals surface area (Å²) in [4.78, 5) is 24.3. The molecule has 2 rings (SSSR count). The third kappa shape index (κ3) is 5.51. The molecule has 1 amide bonds. The minimum Gasteiger partial charge on any atom is -0.448 e. The monoisotopic (exact) mass is 366 g/mol. The summed E-state index contributed by atoms with van der Waals surface area (Å²) in [5, 5.41) is 11.7. The molecular formula is C21H19FN2O3. The van der Waals surface area contributed by atoms with E-state index in [-0.39, 0.29) is 11.3 Å². The van der Waals surface area contributed by atoms with Crippen LogP contribution in [-0.4, -0.2) is 18.0 Å². The number of rotatable bonds is 5. The van der Waals surface area contributed by atoms with Crippen LogP contribution in [0.2, 0.25) is 0 Å². The van der Waals surface area contributed by atoms with Crippen molar-refractivity contribution in [2.45, 2.75) is 26.9 Å². The molecule has 0 bridgehead atoms. The number of ether oxygens (including phenoxy) is 1. The first-order valence-corrected chi connectivity index (χ1v) is 8.26. The van der Waals surface area contributed by atoms with Crippen LogP contribution < -0.4 is 5.32 Å². The van der Waals surface area contributed by atoms with Gasteiger partial charge in [0.1, 0.15) is 17.5 Å². The van der Waals surface area contributed by atoms with Gasteiger partial charge in [0.25, 0.3) is 5.91 Å². The van der Waals surface area contributed by atoms with E-state index in [1.807, 2.05) is 19.1 Å². The van der Waals surface area contributed by atoms with Gasteiger partial charge in [-0.3, -0.25) is 4.79 Å². The lowest BCUT2D eigenvalue weighted by Crippen LogP contribution is -2.30. The van der Waals surface area contributed by atoms with E-state index >= 15 is 0 Å². The number of nitrogens with one attached hydrogen (secondary N) is 1. The highest BCUT2D eigenvalue weighted by molar-refractivity contribution is 6.01. The maximum atomic E-state index is 13.5. The highest BCUT2D eigenvalue weighted by atomic mass is 19.1. The van der Waals surface area contributed by atoms with Crippen LogP contribution in [-0.2, 0) is 14.3 Å². The molecule has 2 aromatic rings. The summed E-state index contributed by atoms with van der Waals surface area (Å²) in [6.07, 6.45) is 0.235. The Kier molecular flexibility index (Phi) is 6.45. The van der Waals surface area contributed by atoms with Gasteiger partial charge in [-0.15, -0.1) is 0 Å². The summed E-state index contributed by atoms with van der Waals surface area (Å²) in [5.41, 5.74) is 2.20. The first-order chi connectivity index (χ1) is 12.8. The standard InChI is InChI=1S/C21H19FN2O3/c1-13-4-7-16(8-5-13)10-17(12-23)21(26)27-15(3)20(25)24-18-9-6-14(2)19(22)11-18/h4-11,15H,1-3H3,(H,24,25)/b17-10+/t15-/m1/s1. The van der Waals surface area contributed by atoms with Gasteiger partial charge >= 0.3 is 5.97 Å². The Balaban J connectivity index is 2.04.